The summed E-state index contributed by atoms with van der Waals surface area (Å²) in [4.78, 5) is 10.5. The smallest absolute Gasteiger partial charge is 0.220 e. The van der Waals surface area contributed by atoms with Crippen molar-refractivity contribution >= 4 is 5.91 Å². The van der Waals surface area contributed by atoms with E-state index in [-0.39, 0.29) is 12.0 Å². The van der Waals surface area contributed by atoms with Crippen LogP contribution in [0.4, 0.5) is 0 Å². The lowest BCUT2D eigenvalue weighted by atomic mass is 10.1. The van der Waals surface area contributed by atoms with Gasteiger partial charge < -0.3 is 10.5 Å². The Morgan fingerprint density at radius 1 is 1.55 bits per heavy atom. The third-order valence-corrected chi connectivity index (χ3v) is 2.08. The van der Waals surface area contributed by atoms with E-state index in [1.807, 2.05) is 0 Å². The summed E-state index contributed by atoms with van der Waals surface area (Å²) in [7, 11) is 0. The molecule has 2 atom stereocenters. The highest BCUT2D eigenvalue weighted by Crippen LogP contribution is 2.23. The Morgan fingerprint density at radius 3 is 2.64 bits per heavy atom. The van der Waals surface area contributed by atoms with Gasteiger partial charge in [-0.15, -0.1) is 0 Å². The Bertz CT molecular complexity index is 147. The number of amides is 1. The second-order valence-electron chi connectivity index (χ2n) is 3.04. The fraction of sp³-hybridized carbons (Fsp3) is 0.875. The molecule has 0 aromatic heterocycles. The fourth-order valence-corrected chi connectivity index (χ4v) is 1.45. The van der Waals surface area contributed by atoms with Crippen LogP contribution >= 0.6 is 0 Å². The molecule has 0 aromatic rings. The molecule has 64 valence electrons. The molecule has 0 saturated carbocycles. The molecule has 11 heavy (non-hydrogen) atoms. The van der Waals surface area contributed by atoms with E-state index in [4.69, 9.17) is 10.5 Å². The van der Waals surface area contributed by atoms with Gasteiger partial charge in [0.25, 0.3) is 0 Å². The van der Waals surface area contributed by atoms with E-state index in [1.165, 1.54) is 0 Å². The highest BCUT2D eigenvalue weighted by Gasteiger charge is 2.24. The second kappa shape index (κ2) is 3.72. The average Bonchev–Trinajstić information content (AvgIpc) is 2.34. The molecule has 1 amide bonds. The van der Waals surface area contributed by atoms with Crippen LogP contribution in [0.3, 0.4) is 0 Å². The van der Waals surface area contributed by atoms with Crippen LogP contribution in [0.25, 0.3) is 0 Å². The first-order valence-electron chi connectivity index (χ1n) is 4.16. The minimum absolute atomic E-state index is 0.0949. The number of primary amides is 1. The number of carbonyl (C=O) groups excluding carboxylic acids is 1. The van der Waals surface area contributed by atoms with E-state index in [1.54, 1.807) is 0 Å². The Labute approximate surface area is 66.9 Å². The van der Waals surface area contributed by atoms with Crippen LogP contribution in [0.2, 0.25) is 0 Å². The number of hydrogen-bond donors (Lipinski definition) is 1. The molecule has 2 unspecified atom stereocenters. The van der Waals surface area contributed by atoms with Crippen LogP contribution in [-0.4, -0.2) is 18.1 Å². The van der Waals surface area contributed by atoms with Crippen LogP contribution < -0.4 is 5.73 Å². The number of ether oxygens (including phenoxy) is 1. The van der Waals surface area contributed by atoms with E-state index in [2.05, 4.69) is 6.92 Å². The van der Waals surface area contributed by atoms with Crippen molar-refractivity contribution in [2.45, 2.75) is 44.8 Å². The molecular formula is C8H15NO2. The predicted octanol–water partition coefficient (Wildman–Crippen LogP) is 0.819. The summed E-state index contributed by atoms with van der Waals surface area (Å²) >= 11 is 0. The van der Waals surface area contributed by atoms with Gasteiger partial charge in [-0.1, -0.05) is 6.92 Å². The molecule has 1 saturated heterocycles. The van der Waals surface area contributed by atoms with Gasteiger partial charge in [-0.2, -0.15) is 0 Å². The van der Waals surface area contributed by atoms with E-state index < -0.39 is 0 Å². The van der Waals surface area contributed by atoms with E-state index in [0.717, 1.165) is 19.3 Å². The predicted molar refractivity (Wildman–Crippen MR) is 42.0 cm³/mol. The van der Waals surface area contributed by atoms with Gasteiger partial charge in [-0.3, -0.25) is 4.79 Å². The number of carbonyl (C=O) groups is 1. The first-order valence-corrected chi connectivity index (χ1v) is 4.16. The summed E-state index contributed by atoms with van der Waals surface area (Å²) in [6, 6.07) is 0. The van der Waals surface area contributed by atoms with E-state index in [9.17, 15) is 4.79 Å². The Balaban J connectivity index is 2.24. The van der Waals surface area contributed by atoms with Gasteiger partial charge in [0.2, 0.25) is 5.91 Å². The Hall–Kier alpha value is -0.570. The Kier molecular flexibility index (Phi) is 2.88. The van der Waals surface area contributed by atoms with Gasteiger partial charge in [0.15, 0.2) is 0 Å². The lowest BCUT2D eigenvalue weighted by molar-refractivity contribution is -0.120. The maximum atomic E-state index is 10.5. The van der Waals surface area contributed by atoms with E-state index >= 15 is 0 Å². The standard InChI is InChI=1S/C8H15NO2/c1-2-6-3-4-7(11-6)5-8(9)10/h6-7H,2-5H2,1H3,(H2,9,10). The van der Waals surface area contributed by atoms with Gasteiger partial charge in [0.05, 0.1) is 18.6 Å². The van der Waals surface area contributed by atoms with Gasteiger partial charge in [-0.25, -0.2) is 0 Å². The molecule has 0 aliphatic carbocycles. The van der Waals surface area contributed by atoms with Gasteiger partial charge in [-0.05, 0) is 19.3 Å². The van der Waals surface area contributed by atoms with Crippen molar-refractivity contribution in [3.63, 3.8) is 0 Å². The van der Waals surface area contributed by atoms with Crippen molar-refractivity contribution in [2.24, 2.45) is 5.73 Å². The highest BCUT2D eigenvalue weighted by molar-refractivity contribution is 5.74. The summed E-state index contributed by atoms with van der Waals surface area (Å²) in [6.07, 6.45) is 3.94. The van der Waals surface area contributed by atoms with Crippen molar-refractivity contribution < 1.29 is 9.53 Å². The molecule has 1 rings (SSSR count). The summed E-state index contributed by atoms with van der Waals surface area (Å²) in [5.74, 6) is -0.258. The largest absolute Gasteiger partial charge is 0.374 e. The summed E-state index contributed by atoms with van der Waals surface area (Å²) in [6.45, 7) is 2.09. The summed E-state index contributed by atoms with van der Waals surface area (Å²) in [5.41, 5.74) is 5.04. The SMILES string of the molecule is CCC1CCC(CC(N)=O)O1. The number of rotatable bonds is 3. The van der Waals surface area contributed by atoms with Crippen molar-refractivity contribution in [1.82, 2.24) is 0 Å². The van der Waals surface area contributed by atoms with Gasteiger partial charge >= 0.3 is 0 Å². The molecule has 3 heteroatoms. The minimum atomic E-state index is -0.258. The van der Waals surface area contributed by atoms with Crippen molar-refractivity contribution in [3.8, 4) is 0 Å². The molecule has 1 aliphatic rings. The van der Waals surface area contributed by atoms with Crippen LogP contribution in [-0.2, 0) is 9.53 Å². The molecule has 1 aliphatic heterocycles. The molecule has 0 bridgehead atoms. The first kappa shape index (κ1) is 8.53. The lowest BCUT2D eigenvalue weighted by Gasteiger charge is -2.09. The zero-order valence-corrected chi connectivity index (χ0v) is 6.88. The van der Waals surface area contributed by atoms with Crippen LogP contribution in [0.15, 0.2) is 0 Å². The Morgan fingerprint density at radius 2 is 2.18 bits per heavy atom. The number of nitrogens with two attached hydrogens (primary N) is 1. The maximum absolute atomic E-state index is 10.5. The topological polar surface area (TPSA) is 52.3 Å². The maximum Gasteiger partial charge on any atom is 0.220 e. The third kappa shape index (κ3) is 2.50. The summed E-state index contributed by atoms with van der Waals surface area (Å²) in [5, 5.41) is 0. The molecule has 1 fully saturated rings. The summed E-state index contributed by atoms with van der Waals surface area (Å²) < 4.78 is 5.52. The molecular weight excluding hydrogens is 142 g/mol. The van der Waals surface area contributed by atoms with E-state index in [0.29, 0.717) is 12.5 Å². The minimum Gasteiger partial charge on any atom is -0.374 e. The van der Waals surface area contributed by atoms with Crippen LogP contribution in [0.1, 0.15) is 32.6 Å². The molecule has 0 spiro atoms. The number of hydrogen-bond acceptors (Lipinski definition) is 2. The fourth-order valence-electron chi connectivity index (χ4n) is 1.45. The monoisotopic (exact) mass is 157 g/mol. The zero-order valence-electron chi connectivity index (χ0n) is 6.88. The van der Waals surface area contributed by atoms with Crippen LogP contribution in [0.5, 0.6) is 0 Å². The quantitative estimate of drug-likeness (QED) is 0.659. The van der Waals surface area contributed by atoms with Gasteiger partial charge in [0, 0.05) is 0 Å². The molecule has 1 heterocycles. The normalized spacial score (nSPS) is 30.6. The molecule has 2 N–H and O–H groups in total. The molecule has 3 nitrogen and oxygen atoms in total. The first-order chi connectivity index (χ1) is 5.22. The van der Waals surface area contributed by atoms with Crippen molar-refractivity contribution in [3.05, 3.63) is 0 Å². The van der Waals surface area contributed by atoms with Crippen molar-refractivity contribution in [2.75, 3.05) is 0 Å². The lowest BCUT2D eigenvalue weighted by Crippen LogP contribution is -2.20. The third-order valence-electron chi connectivity index (χ3n) is 2.08. The highest BCUT2D eigenvalue weighted by atomic mass is 16.5. The van der Waals surface area contributed by atoms with Crippen molar-refractivity contribution in [1.29, 1.82) is 0 Å². The molecule has 0 aromatic carbocycles. The second-order valence-corrected chi connectivity index (χ2v) is 3.04. The van der Waals surface area contributed by atoms with Gasteiger partial charge in [0.1, 0.15) is 0 Å². The zero-order chi connectivity index (χ0) is 8.27. The average molecular weight is 157 g/mol. The van der Waals surface area contributed by atoms with Crippen LogP contribution in [0, 0.1) is 0 Å². The molecule has 0 radical (unpaired) electrons.